The Morgan fingerprint density at radius 3 is 2.74 bits per heavy atom. The molecule has 1 unspecified atom stereocenters. The number of amides is 1. The molecule has 1 amide bonds. The number of rotatable bonds is 7. The monoisotopic (exact) mass is 498 g/mol. The largest absolute Gasteiger partial charge is 0.356 e. The maximum Gasteiger partial charge on any atom is 0.223 e. The molecule has 2 N–H and O–H groups in total. The lowest BCUT2D eigenvalue weighted by atomic mass is 10.1. The Bertz CT molecular complexity index is 721. The summed E-state index contributed by atoms with van der Waals surface area (Å²) in [5.41, 5.74) is 2.53. The number of thiophene rings is 1. The van der Waals surface area contributed by atoms with Gasteiger partial charge in [-0.05, 0) is 34.4 Å². The van der Waals surface area contributed by atoms with E-state index < -0.39 is 0 Å². The van der Waals surface area contributed by atoms with Crippen molar-refractivity contribution in [2.24, 2.45) is 10.9 Å². The second-order valence-electron chi connectivity index (χ2n) is 6.58. The molecule has 1 aliphatic rings. The molecule has 5 nitrogen and oxygen atoms in total. The number of likely N-dealkylation sites (tertiary alicyclic amines) is 1. The number of hydrogen-bond acceptors (Lipinski definition) is 3. The maximum absolute atomic E-state index is 12.3. The average molecular weight is 498 g/mol. The minimum Gasteiger partial charge on any atom is -0.356 e. The predicted molar refractivity (Wildman–Crippen MR) is 123 cm³/mol. The van der Waals surface area contributed by atoms with Gasteiger partial charge in [0.15, 0.2) is 5.96 Å². The van der Waals surface area contributed by atoms with Gasteiger partial charge < -0.3 is 15.5 Å². The van der Waals surface area contributed by atoms with Crippen molar-refractivity contribution in [1.29, 1.82) is 0 Å². The molecule has 0 radical (unpaired) electrons. The molecule has 0 aliphatic carbocycles. The lowest BCUT2D eigenvalue weighted by Gasteiger charge is -2.18. The molecule has 1 saturated heterocycles. The minimum absolute atomic E-state index is 0. The minimum atomic E-state index is 0. The van der Waals surface area contributed by atoms with Crippen molar-refractivity contribution in [3.63, 3.8) is 0 Å². The third-order valence-corrected chi connectivity index (χ3v) is 5.36. The number of hydrogen-bond donors (Lipinski definition) is 2. The van der Waals surface area contributed by atoms with Gasteiger partial charge in [-0.3, -0.25) is 9.79 Å². The predicted octanol–water partition coefficient (Wildman–Crippen LogP) is 3.12. The first-order chi connectivity index (χ1) is 12.7. The zero-order valence-electron chi connectivity index (χ0n) is 15.6. The summed E-state index contributed by atoms with van der Waals surface area (Å²) in [5, 5.41) is 10.9. The molecule has 1 aromatic carbocycles. The van der Waals surface area contributed by atoms with Crippen LogP contribution in [0.5, 0.6) is 0 Å². The van der Waals surface area contributed by atoms with Gasteiger partial charge in [-0.1, -0.05) is 30.3 Å². The molecular formula is C20H27IN4OS. The van der Waals surface area contributed by atoms with Crippen LogP contribution in [0.4, 0.5) is 0 Å². The van der Waals surface area contributed by atoms with Crippen molar-refractivity contribution in [2.75, 3.05) is 26.7 Å². The quantitative estimate of drug-likeness (QED) is 0.351. The van der Waals surface area contributed by atoms with Gasteiger partial charge in [-0.25, -0.2) is 0 Å². The smallest absolute Gasteiger partial charge is 0.223 e. The summed E-state index contributed by atoms with van der Waals surface area (Å²) < 4.78 is 0. The van der Waals surface area contributed by atoms with Crippen LogP contribution in [0.15, 0.2) is 52.2 Å². The Balaban J connectivity index is 0.00000261. The van der Waals surface area contributed by atoms with E-state index in [-0.39, 0.29) is 29.9 Å². The molecule has 0 spiro atoms. The van der Waals surface area contributed by atoms with Gasteiger partial charge >= 0.3 is 0 Å². The molecule has 27 heavy (non-hydrogen) atoms. The summed E-state index contributed by atoms with van der Waals surface area (Å²) in [7, 11) is 1.77. The highest BCUT2D eigenvalue weighted by Gasteiger charge is 2.29. The number of nitrogens with zero attached hydrogens (tertiary/aromatic N) is 2. The zero-order chi connectivity index (χ0) is 18.2. The number of carbonyl (C=O) groups is 1. The fraction of sp³-hybridized carbons (Fsp3) is 0.400. The van der Waals surface area contributed by atoms with E-state index in [0.717, 1.165) is 38.6 Å². The van der Waals surface area contributed by atoms with Crippen LogP contribution in [0, 0.1) is 5.92 Å². The molecule has 1 atom stereocenters. The number of carbonyl (C=O) groups excluding carboxylic acids is 1. The molecule has 7 heteroatoms. The van der Waals surface area contributed by atoms with Crippen LogP contribution < -0.4 is 10.6 Å². The Labute approximate surface area is 182 Å². The molecular weight excluding hydrogens is 471 g/mol. The van der Waals surface area contributed by atoms with Crippen molar-refractivity contribution in [3.05, 3.63) is 58.3 Å². The van der Waals surface area contributed by atoms with Gasteiger partial charge in [-0.2, -0.15) is 11.3 Å². The lowest BCUT2D eigenvalue weighted by molar-refractivity contribution is -0.127. The highest BCUT2D eigenvalue weighted by Crippen LogP contribution is 2.17. The van der Waals surface area contributed by atoms with Gasteiger partial charge in [0.2, 0.25) is 5.91 Å². The van der Waals surface area contributed by atoms with E-state index in [1.165, 1.54) is 11.1 Å². The van der Waals surface area contributed by atoms with Crippen LogP contribution >= 0.6 is 35.3 Å². The summed E-state index contributed by atoms with van der Waals surface area (Å²) in [6, 6.07) is 12.4. The summed E-state index contributed by atoms with van der Waals surface area (Å²) in [4.78, 5) is 18.5. The Morgan fingerprint density at radius 1 is 1.22 bits per heavy atom. The molecule has 2 heterocycles. The number of guanidine groups is 1. The van der Waals surface area contributed by atoms with Gasteiger partial charge in [0, 0.05) is 45.6 Å². The first-order valence-electron chi connectivity index (χ1n) is 9.02. The van der Waals surface area contributed by atoms with Gasteiger partial charge in [0.05, 0.1) is 0 Å². The van der Waals surface area contributed by atoms with Crippen LogP contribution in [0.2, 0.25) is 0 Å². The highest BCUT2D eigenvalue weighted by molar-refractivity contribution is 14.0. The summed E-state index contributed by atoms with van der Waals surface area (Å²) in [6.07, 6.45) is 1.53. The van der Waals surface area contributed by atoms with Gasteiger partial charge in [0.25, 0.3) is 0 Å². The molecule has 3 rings (SSSR count). The van der Waals surface area contributed by atoms with Crippen LogP contribution in [0.3, 0.4) is 0 Å². The van der Waals surface area contributed by atoms with E-state index in [0.29, 0.717) is 12.3 Å². The van der Waals surface area contributed by atoms with Crippen molar-refractivity contribution < 1.29 is 4.79 Å². The van der Waals surface area contributed by atoms with E-state index in [4.69, 9.17) is 0 Å². The van der Waals surface area contributed by atoms with E-state index >= 15 is 0 Å². The van der Waals surface area contributed by atoms with Gasteiger partial charge in [0.1, 0.15) is 0 Å². The third-order valence-electron chi connectivity index (χ3n) is 4.63. The first-order valence-corrected chi connectivity index (χ1v) is 9.96. The second-order valence-corrected chi connectivity index (χ2v) is 7.36. The van der Waals surface area contributed by atoms with Crippen LogP contribution in [0.25, 0.3) is 0 Å². The lowest BCUT2D eigenvalue weighted by Crippen LogP contribution is -2.39. The normalized spacial score (nSPS) is 16.9. The highest BCUT2D eigenvalue weighted by atomic mass is 127. The molecule has 1 fully saturated rings. The Morgan fingerprint density at radius 2 is 2.04 bits per heavy atom. The average Bonchev–Trinajstić information content (AvgIpc) is 3.31. The van der Waals surface area contributed by atoms with Crippen LogP contribution in [-0.4, -0.2) is 43.4 Å². The van der Waals surface area contributed by atoms with E-state index in [2.05, 4.69) is 44.6 Å². The Kier molecular flexibility index (Phi) is 9.06. The summed E-state index contributed by atoms with van der Waals surface area (Å²) in [5.74, 6) is 1.37. The number of nitrogens with one attached hydrogen (secondary N) is 2. The maximum atomic E-state index is 12.3. The van der Waals surface area contributed by atoms with E-state index in [1.54, 1.807) is 18.4 Å². The third kappa shape index (κ3) is 6.80. The Hall–Kier alpha value is -1.61. The summed E-state index contributed by atoms with van der Waals surface area (Å²) in [6.45, 7) is 3.14. The van der Waals surface area contributed by atoms with E-state index in [9.17, 15) is 4.79 Å². The topological polar surface area (TPSA) is 56.7 Å². The fourth-order valence-corrected chi connectivity index (χ4v) is 3.82. The zero-order valence-corrected chi connectivity index (χ0v) is 18.7. The van der Waals surface area contributed by atoms with Crippen molar-refractivity contribution >= 4 is 47.2 Å². The van der Waals surface area contributed by atoms with Gasteiger partial charge in [-0.15, -0.1) is 24.0 Å². The molecule has 1 aromatic heterocycles. The molecule has 0 bridgehead atoms. The van der Waals surface area contributed by atoms with Crippen LogP contribution in [0.1, 0.15) is 17.5 Å². The van der Waals surface area contributed by atoms with Crippen molar-refractivity contribution in [2.45, 2.75) is 19.4 Å². The first kappa shape index (κ1) is 21.7. The van der Waals surface area contributed by atoms with Crippen molar-refractivity contribution in [1.82, 2.24) is 15.5 Å². The molecule has 2 aromatic rings. The SMILES string of the molecule is CN=C(NCc1ccsc1)NCC1CC(=O)N(CCc2ccccc2)C1.I. The number of aliphatic imine (C=N–C) groups is 1. The molecule has 0 saturated carbocycles. The fourth-order valence-electron chi connectivity index (χ4n) is 3.16. The number of halogens is 1. The molecule has 1 aliphatic heterocycles. The van der Waals surface area contributed by atoms with E-state index in [1.807, 2.05) is 23.1 Å². The second kappa shape index (κ2) is 11.3. The molecule has 146 valence electrons. The standard InChI is InChI=1S/C20H26N4OS.HI/c1-21-20(22-12-17-8-10-26-15-17)23-13-18-11-19(25)24(14-18)9-7-16-5-3-2-4-6-16;/h2-6,8,10,15,18H,7,9,11-14H2,1H3,(H2,21,22,23);1H. The van der Waals surface area contributed by atoms with Crippen LogP contribution in [-0.2, 0) is 17.8 Å². The summed E-state index contributed by atoms with van der Waals surface area (Å²) >= 11 is 1.69. The van der Waals surface area contributed by atoms with Crippen molar-refractivity contribution in [3.8, 4) is 0 Å². The number of benzene rings is 1.